The zero-order valence-electron chi connectivity index (χ0n) is 9.82. The number of nitrogens with zero attached hydrogens (tertiary/aromatic N) is 2. The quantitative estimate of drug-likeness (QED) is 0.794. The molecule has 0 aliphatic heterocycles. The van der Waals surface area contributed by atoms with Gasteiger partial charge < -0.3 is 0 Å². The summed E-state index contributed by atoms with van der Waals surface area (Å²) in [5.74, 6) is 0. The summed E-state index contributed by atoms with van der Waals surface area (Å²) in [6.07, 6.45) is 1.01. The van der Waals surface area contributed by atoms with E-state index in [4.69, 9.17) is 0 Å². The maximum atomic E-state index is 10.8. The predicted molar refractivity (Wildman–Crippen MR) is 71.2 cm³/mol. The van der Waals surface area contributed by atoms with Gasteiger partial charge in [-0.25, -0.2) is 8.42 Å². The van der Waals surface area contributed by atoms with Crippen molar-refractivity contribution in [2.45, 2.75) is 0 Å². The molecule has 92 valence electrons. The second kappa shape index (κ2) is 5.10. The molecule has 2 aromatic carbocycles. The molecule has 0 aromatic heterocycles. The Bertz CT molecular complexity index is 647. The van der Waals surface area contributed by atoms with Crippen molar-refractivity contribution in [3.8, 4) is 11.1 Å². The van der Waals surface area contributed by atoms with Gasteiger partial charge >= 0.3 is 0 Å². The van der Waals surface area contributed by atoms with Crippen LogP contribution in [0.3, 0.4) is 0 Å². The van der Waals surface area contributed by atoms with E-state index >= 15 is 0 Å². The average Bonchev–Trinajstić information content (AvgIpc) is 2.37. The van der Waals surface area contributed by atoms with Crippen molar-refractivity contribution in [1.82, 2.24) is 0 Å². The van der Waals surface area contributed by atoms with Crippen LogP contribution in [-0.4, -0.2) is 14.7 Å². The molecule has 0 unspecified atom stereocenters. The lowest BCUT2D eigenvalue weighted by atomic mass is 10.1. The normalized spacial score (nSPS) is 11.8. The van der Waals surface area contributed by atoms with E-state index in [0.717, 1.165) is 17.4 Å². The van der Waals surface area contributed by atoms with Crippen molar-refractivity contribution in [1.29, 1.82) is 0 Å². The number of rotatable bonds is 3. The van der Waals surface area contributed by atoms with E-state index in [1.54, 1.807) is 12.1 Å². The largest absolute Gasteiger partial charge is 0.267 e. The summed E-state index contributed by atoms with van der Waals surface area (Å²) in [7, 11) is -3.43. The molecule has 5 heteroatoms. The summed E-state index contributed by atoms with van der Waals surface area (Å²) >= 11 is 0. The fraction of sp³-hybridized carbons (Fsp3) is 0.0769. The molecule has 0 atom stereocenters. The molecule has 0 fully saturated rings. The molecule has 2 rings (SSSR count). The molecule has 0 saturated carbocycles. The average molecular weight is 260 g/mol. The number of hydrogen-bond donors (Lipinski definition) is 0. The molecular weight excluding hydrogens is 248 g/mol. The Hall–Kier alpha value is -2.01. The minimum atomic E-state index is -3.43. The Morgan fingerprint density at radius 3 is 1.94 bits per heavy atom. The van der Waals surface area contributed by atoms with Gasteiger partial charge in [0.2, 0.25) is 0 Å². The maximum absolute atomic E-state index is 10.8. The molecule has 0 spiro atoms. The van der Waals surface area contributed by atoms with E-state index < -0.39 is 10.0 Å². The zero-order valence-corrected chi connectivity index (χ0v) is 10.6. The van der Waals surface area contributed by atoms with Crippen LogP contribution < -0.4 is 0 Å². The second-order valence-corrected chi connectivity index (χ2v) is 5.46. The Morgan fingerprint density at radius 2 is 1.39 bits per heavy atom. The van der Waals surface area contributed by atoms with Crippen LogP contribution in [0, 0.1) is 0 Å². The summed E-state index contributed by atoms with van der Waals surface area (Å²) in [5.41, 5.74) is 2.66. The van der Waals surface area contributed by atoms with Crippen LogP contribution in [0.5, 0.6) is 0 Å². The van der Waals surface area contributed by atoms with Crippen molar-refractivity contribution in [3.63, 3.8) is 0 Å². The molecule has 0 radical (unpaired) electrons. The van der Waals surface area contributed by atoms with Gasteiger partial charge in [0, 0.05) is 0 Å². The van der Waals surface area contributed by atoms with Gasteiger partial charge in [0.05, 0.1) is 11.9 Å². The van der Waals surface area contributed by atoms with Gasteiger partial charge in [-0.1, -0.05) is 47.0 Å². The van der Waals surface area contributed by atoms with Gasteiger partial charge in [-0.3, -0.25) is 0 Å². The molecule has 0 N–H and O–H groups in total. The van der Waals surface area contributed by atoms with Gasteiger partial charge in [0.25, 0.3) is 10.0 Å². The lowest BCUT2D eigenvalue weighted by Crippen LogP contribution is -1.86. The molecule has 0 aliphatic carbocycles. The molecule has 0 amide bonds. The molecule has 2 aromatic rings. The summed E-state index contributed by atoms with van der Waals surface area (Å²) in [6.45, 7) is 0. The molecular formula is C13H12N2O2S. The van der Waals surface area contributed by atoms with Crippen molar-refractivity contribution >= 4 is 15.7 Å². The molecule has 0 bridgehead atoms. The fourth-order valence-electron chi connectivity index (χ4n) is 1.47. The Morgan fingerprint density at radius 1 is 0.833 bits per heavy atom. The maximum Gasteiger partial charge on any atom is 0.267 e. The lowest BCUT2D eigenvalue weighted by Gasteiger charge is -2.00. The Kier molecular flexibility index (Phi) is 3.53. The zero-order chi connectivity index (χ0) is 13.0. The van der Waals surface area contributed by atoms with Crippen molar-refractivity contribution < 1.29 is 8.42 Å². The minimum absolute atomic E-state index is 0.514. The van der Waals surface area contributed by atoms with E-state index in [9.17, 15) is 8.42 Å². The summed E-state index contributed by atoms with van der Waals surface area (Å²) in [5, 5.41) is 3.65. The van der Waals surface area contributed by atoms with Crippen LogP contribution in [0.1, 0.15) is 0 Å². The van der Waals surface area contributed by atoms with Crippen LogP contribution in [0.2, 0.25) is 0 Å². The third kappa shape index (κ3) is 3.49. The van der Waals surface area contributed by atoms with E-state index in [1.807, 2.05) is 42.5 Å². The molecule has 0 aliphatic rings. The third-order valence-corrected chi connectivity index (χ3v) is 2.66. The van der Waals surface area contributed by atoms with Crippen LogP contribution >= 0.6 is 0 Å². The highest BCUT2D eigenvalue weighted by atomic mass is 32.2. The van der Waals surface area contributed by atoms with E-state index in [2.05, 4.69) is 9.63 Å². The minimum Gasteiger partial charge on any atom is -0.203 e. The number of benzene rings is 2. The summed E-state index contributed by atoms with van der Waals surface area (Å²) in [6, 6.07) is 17.1. The van der Waals surface area contributed by atoms with Crippen molar-refractivity contribution in [2.75, 3.05) is 6.26 Å². The fourth-order valence-corrected chi connectivity index (χ4v) is 1.72. The monoisotopic (exact) mass is 260 g/mol. The smallest absolute Gasteiger partial charge is 0.203 e. The lowest BCUT2D eigenvalue weighted by molar-refractivity contribution is 0.601. The van der Waals surface area contributed by atoms with Crippen LogP contribution in [0.4, 0.5) is 5.69 Å². The van der Waals surface area contributed by atoms with Crippen LogP contribution in [0.15, 0.2) is 64.2 Å². The Labute approximate surface area is 106 Å². The third-order valence-electron chi connectivity index (χ3n) is 2.28. The van der Waals surface area contributed by atoms with Gasteiger partial charge in [-0.05, 0) is 23.3 Å². The van der Waals surface area contributed by atoms with Gasteiger partial charge in [-0.15, -0.1) is 5.11 Å². The van der Waals surface area contributed by atoms with Crippen LogP contribution in [0.25, 0.3) is 11.1 Å². The van der Waals surface area contributed by atoms with Crippen molar-refractivity contribution in [3.05, 3.63) is 54.6 Å². The van der Waals surface area contributed by atoms with E-state index in [1.165, 1.54) is 0 Å². The van der Waals surface area contributed by atoms with Gasteiger partial charge in [0.1, 0.15) is 0 Å². The number of sulfonamides is 1. The topological polar surface area (TPSA) is 58.9 Å². The number of hydrogen-bond acceptors (Lipinski definition) is 3. The highest BCUT2D eigenvalue weighted by Gasteiger charge is 1.98. The SMILES string of the molecule is CS(=O)(=O)N=Nc1ccc(-c2ccccc2)cc1. The van der Waals surface area contributed by atoms with Crippen molar-refractivity contribution in [2.24, 2.45) is 9.63 Å². The van der Waals surface area contributed by atoms with Gasteiger partial charge in [0.15, 0.2) is 0 Å². The predicted octanol–water partition coefficient (Wildman–Crippen LogP) is 3.40. The highest BCUT2D eigenvalue weighted by Crippen LogP contribution is 2.22. The molecule has 4 nitrogen and oxygen atoms in total. The van der Waals surface area contributed by atoms with Crippen LogP contribution in [-0.2, 0) is 10.0 Å². The van der Waals surface area contributed by atoms with E-state index in [-0.39, 0.29) is 0 Å². The molecule has 0 heterocycles. The first-order valence-corrected chi connectivity index (χ1v) is 7.18. The first-order valence-electron chi connectivity index (χ1n) is 5.33. The summed E-state index contributed by atoms with van der Waals surface area (Å²) < 4.78 is 24.9. The van der Waals surface area contributed by atoms with Gasteiger partial charge in [-0.2, -0.15) is 0 Å². The first kappa shape index (κ1) is 12.4. The second-order valence-electron chi connectivity index (χ2n) is 3.83. The standard InChI is InChI=1S/C13H12N2O2S/c1-18(16,17)15-14-13-9-7-12(8-10-13)11-5-3-2-4-6-11/h2-10H,1H3. The first-order chi connectivity index (χ1) is 8.54. The molecule has 0 saturated heterocycles. The van der Waals surface area contributed by atoms with E-state index in [0.29, 0.717) is 5.69 Å². The summed E-state index contributed by atoms with van der Waals surface area (Å²) in [4.78, 5) is 0. The highest BCUT2D eigenvalue weighted by molar-refractivity contribution is 7.89. The molecule has 18 heavy (non-hydrogen) atoms. The Balaban J connectivity index is 2.24.